The maximum Gasteiger partial charge on any atom is 0.188 e. The molecule has 2 nitrogen and oxygen atoms in total. The van der Waals surface area contributed by atoms with Gasteiger partial charge in [-0.1, -0.05) is 46.4 Å². The first-order chi connectivity index (χ1) is 10.9. The number of carbonyl (C=O) groups is 1. The van der Waals surface area contributed by atoms with Crippen LogP contribution in [0.3, 0.4) is 0 Å². The molecule has 6 heteroatoms. The highest BCUT2D eigenvalue weighted by Gasteiger charge is 2.12. The molecule has 0 N–H and O–H groups in total. The second kappa shape index (κ2) is 6.62. The summed E-state index contributed by atoms with van der Waals surface area (Å²) in [5, 5.41) is 1.32. The summed E-state index contributed by atoms with van der Waals surface area (Å²) in [4.78, 5) is 16.5. The van der Waals surface area contributed by atoms with Crippen LogP contribution >= 0.6 is 46.1 Å². The highest BCUT2D eigenvalue weighted by Crippen LogP contribution is 2.32. The topological polar surface area (TPSA) is 30.0 Å². The Hall–Kier alpha value is -1.39. The van der Waals surface area contributed by atoms with E-state index in [9.17, 15) is 4.79 Å². The number of rotatable bonds is 3. The number of fused-ring (bicyclic) bond motifs is 1. The van der Waals surface area contributed by atoms with Gasteiger partial charge in [-0.3, -0.25) is 4.79 Å². The van der Waals surface area contributed by atoms with E-state index in [1.165, 1.54) is 6.08 Å². The van der Waals surface area contributed by atoms with Crippen LogP contribution in [-0.2, 0) is 0 Å². The van der Waals surface area contributed by atoms with Crippen LogP contribution in [0.25, 0.3) is 17.0 Å². The summed E-state index contributed by atoms with van der Waals surface area (Å²) < 4.78 is 0.857. The Labute approximate surface area is 152 Å². The molecule has 0 spiro atoms. The van der Waals surface area contributed by atoms with Crippen molar-refractivity contribution in [1.82, 2.24) is 4.98 Å². The molecule has 0 fully saturated rings. The van der Waals surface area contributed by atoms with Crippen molar-refractivity contribution in [2.75, 3.05) is 0 Å². The van der Waals surface area contributed by atoms with E-state index in [2.05, 4.69) is 4.98 Å². The van der Waals surface area contributed by atoms with E-state index in [1.54, 1.807) is 12.1 Å². The fourth-order valence-electron chi connectivity index (χ4n) is 2.17. The lowest BCUT2D eigenvalue weighted by Crippen LogP contribution is -1.92. The number of thiophene rings is 1. The van der Waals surface area contributed by atoms with Gasteiger partial charge in [-0.15, -0.1) is 11.3 Å². The van der Waals surface area contributed by atoms with Crippen molar-refractivity contribution in [2.45, 2.75) is 6.92 Å². The molecule has 0 radical (unpaired) electrons. The second-order valence-electron chi connectivity index (χ2n) is 5.00. The average molecular weight is 383 g/mol. The molecule has 0 amide bonds. The summed E-state index contributed by atoms with van der Waals surface area (Å²) in [5.74, 6) is -0.224. The highest BCUT2D eigenvalue weighted by molar-refractivity contribution is 7.20. The van der Waals surface area contributed by atoms with Crippen LogP contribution in [0.15, 0.2) is 36.4 Å². The van der Waals surface area contributed by atoms with Crippen LogP contribution in [0.4, 0.5) is 0 Å². The number of allylic oxidation sites excluding steroid dienone is 1. The summed E-state index contributed by atoms with van der Waals surface area (Å²) in [7, 11) is 0. The zero-order valence-corrected chi connectivity index (χ0v) is 15.0. The Kier molecular flexibility index (Phi) is 4.74. The summed E-state index contributed by atoms with van der Waals surface area (Å²) in [5.41, 5.74) is 3.01. The van der Waals surface area contributed by atoms with Gasteiger partial charge in [-0.2, -0.15) is 0 Å². The number of halogens is 3. The molecule has 116 valence electrons. The van der Waals surface area contributed by atoms with Crippen molar-refractivity contribution in [3.8, 4) is 0 Å². The van der Waals surface area contributed by atoms with E-state index in [-0.39, 0.29) is 5.78 Å². The molecule has 0 aliphatic carbocycles. The predicted octanol–water partition coefficient (Wildman–Crippen LogP) is 6.46. The third kappa shape index (κ3) is 3.59. The van der Waals surface area contributed by atoms with Crippen LogP contribution in [0.1, 0.15) is 21.5 Å². The number of aromatic nitrogens is 1. The lowest BCUT2D eigenvalue weighted by molar-refractivity contribution is 0.104. The van der Waals surface area contributed by atoms with Crippen molar-refractivity contribution >= 4 is 68.9 Å². The molecule has 0 atom stereocenters. The van der Waals surface area contributed by atoms with Gasteiger partial charge >= 0.3 is 0 Å². The van der Waals surface area contributed by atoms with Crippen molar-refractivity contribution in [3.05, 3.63) is 66.9 Å². The summed E-state index contributed by atoms with van der Waals surface area (Å²) in [6, 6.07) is 9.39. The van der Waals surface area contributed by atoms with E-state index in [0.717, 1.165) is 27.8 Å². The van der Waals surface area contributed by atoms with E-state index in [1.807, 2.05) is 31.2 Å². The molecule has 23 heavy (non-hydrogen) atoms. The number of aryl methyl sites for hydroxylation is 1. The maximum atomic E-state index is 12.2. The van der Waals surface area contributed by atoms with Crippen LogP contribution in [0.5, 0.6) is 0 Å². The Morgan fingerprint density at radius 1 is 1.17 bits per heavy atom. The van der Waals surface area contributed by atoms with Gasteiger partial charge < -0.3 is 0 Å². The van der Waals surface area contributed by atoms with Crippen LogP contribution < -0.4 is 0 Å². The second-order valence-corrected chi connectivity index (χ2v) is 7.64. The fraction of sp³-hybridized carbons (Fsp3) is 0.0588. The zero-order valence-electron chi connectivity index (χ0n) is 11.9. The number of benzene rings is 1. The Morgan fingerprint density at radius 3 is 2.65 bits per heavy atom. The lowest BCUT2D eigenvalue weighted by atomic mass is 10.1. The van der Waals surface area contributed by atoms with Crippen molar-refractivity contribution in [2.24, 2.45) is 0 Å². The van der Waals surface area contributed by atoms with Crippen LogP contribution in [0.2, 0.25) is 13.8 Å². The third-order valence-electron chi connectivity index (χ3n) is 3.29. The summed E-state index contributed by atoms with van der Waals surface area (Å²) in [6.07, 6.45) is 3.07. The monoisotopic (exact) mass is 381 g/mol. The molecule has 2 heterocycles. The minimum absolute atomic E-state index is 0.224. The van der Waals surface area contributed by atoms with Gasteiger partial charge in [0.1, 0.15) is 9.49 Å². The van der Waals surface area contributed by atoms with Gasteiger partial charge in [-0.25, -0.2) is 4.98 Å². The molecule has 3 rings (SSSR count). The molecule has 3 aromatic rings. The first-order valence-electron chi connectivity index (χ1n) is 6.68. The first-order valence-corrected chi connectivity index (χ1v) is 8.63. The minimum Gasteiger partial charge on any atom is -0.289 e. The lowest BCUT2D eigenvalue weighted by Gasteiger charge is -2.03. The van der Waals surface area contributed by atoms with Crippen LogP contribution in [-0.4, -0.2) is 10.8 Å². The average Bonchev–Trinajstić information content (AvgIpc) is 2.84. The number of hydrogen-bond donors (Lipinski definition) is 0. The highest BCUT2D eigenvalue weighted by atomic mass is 35.5. The molecule has 0 aliphatic heterocycles. The van der Waals surface area contributed by atoms with Gasteiger partial charge in [0, 0.05) is 10.9 Å². The minimum atomic E-state index is -0.224. The molecule has 0 saturated carbocycles. The molecular formula is C17H10Cl3NOS. The largest absolute Gasteiger partial charge is 0.289 e. The number of nitrogens with zero attached hydrogens (tertiary/aromatic N) is 1. The van der Waals surface area contributed by atoms with Gasteiger partial charge in [0.15, 0.2) is 5.78 Å². The normalized spacial score (nSPS) is 11.5. The molecular weight excluding hydrogens is 373 g/mol. The first kappa shape index (κ1) is 16.5. The SMILES string of the molecule is Cc1ccc2nc(Cl)c(/C=C/C(=O)c3cc(Cl)sc3Cl)cc2c1. The fourth-order valence-corrected chi connectivity index (χ4v) is 3.85. The van der Waals surface area contributed by atoms with Crippen molar-refractivity contribution in [3.63, 3.8) is 0 Å². The maximum absolute atomic E-state index is 12.2. The van der Waals surface area contributed by atoms with Gasteiger partial charge in [0.05, 0.1) is 15.4 Å². The number of pyridine rings is 1. The Morgan fingerprint density at radius 2 is 1.96 bits per heavy atom. The summed E-state index contributed by atoms with van der Waals surface area (Å²) >= 11 is 19.2. The Balaban J connectivity index is 1.95. The number of hydrogen-bond acceptors (Lipinski definition) is 3. The van der Waals surface area contributed by atoms with Crippen LogP contribution in [0, 0.1) is 6.92 Å². The summed E-state index contributed by atoms with van der Waals surface area (Å²) in [6.45, 7) is 2.01. The third-order valence-corrected chi connectivity index (χ3v) is 5.08. The molecule has 0 aliphatic rings. The molecule has 0 bridgehead atoms. The quantitative estimate of drug-likeness (QED) is 0.295. The zero-order chi connectivity index (χ0) is 16.6. The molecule has 1 aromatic carbocycles. The predicted molar refractivity (Wildman–Crippen MR) is 99.2 cm³/mol. The Bertz CT molecular complexity index is 946. The van der Waals surface area contributed by atoms with Gasteiger partial charge in [0.2, 0.25) is 0 Å². The van der Waals surface area contributed by atoms with Gasteiger partial charge in [0.25, 0.3) is 0 Å². The van der Waals surface area contributed by atoms with E-state index in [0.29, 0.717) is 25.0 Å². The van der Waals surface area contributed by atoms with E-state index < -0.39 is 0 Å². The molecule has 0 unspecified atom stereocenters. The standard InChI is InChI=1S/C17H10Cl3NOS/c1-9-2-4-13-11(6-9)7-10(16(19)21-13)3-5-14(22)12-8-15(18)23-17(12)20/h2-8H,1H3/b5-3+. The number of carbonyl (C=O) groups excluding carboxylic acids is 1. The van der Waals surface area contributed by atoms with Gasteiger partial charge in [-0.05, 0) is 43.3 Å². The van der Waals surface area contributed by atoms with E-state index in [4.69, 9.17) is 34.8 Å². The van der Waals surface area contributed by atoms with Crippen molar-refractivity contribution in [1.29, 1.82) is 0 Å². The molecule has 0 saturated heterocycles. The smallest absolute Gasteiger partial charge is 0.188 e. The number of ketones is 1. The van der Waals surface area contributed by atoms with E-state index >= 15 is 0 Å². The molecule has 2 aromatic heterocycles. The van der Waals surface area contributed by atoms with Crippen molar-refractivity contribution < 1.29 is 4.79 Å².